The van der Waals surface area contributed by atoms with Crippen LogP contribution < -0.4 is 24.8 Å². The first-order valence-corrected chi connectivity index (χ1v) is 10.9. The van der Waals surface area contributed by atoms with Crippen LogP contribution in [0.25, 0.3) is 0 Å². The second-order valence-corrected chi connectivity index (χ2v) is 7.36. The number of amides is 1. The summed E-state index contributed by atoms with van der Waals surface area (Å²) in [6, 6.07) is 17.8. The molecule has 0 aliphatic carbocycles. The number of nitrogens with zero attached hydrogens (tertiary/aromatic N) is 1. The molecule has 1 amide bonds. The predicted octanol–water partition coefficient (Wildman–Crippen LogP) is 3.34. The average Bonchev–Trinajstić information content (AvgIpc) is 2.87. The summed E-state index contributed by atoms with van der Waals surface area (Å²) in [4.78, 5) is 29.0. The fourth-order valence-electron chi connectivity index (χ4n) is 3.26. The molecule has 2 N–H and O–H groups in total. The minimum absolute atomic E-state index is 0.213. The Hall–Kier alpha value is -4.27. The van der Waals surface area contributed by atoms with E-state index in [4.69, 9.17) is 18.9 Å². The number of hydrogen-bond donors (Lipinski definition) is 2. The quantitative estimate of drug-likeness (QED) is 0.465. The molecule has 1 unspecified atom stereocenters. The zero-order valence-corrected chi connectivity index (χ0v) is 18.7. The third-order valence-electron chi connectivity index (χ3n) is 4.88. The fraction of sp³-hybridized carbons (Fsp3) is 0.240. The zero-order chi connectivity index (χ0) is 23.8. The van der Waals surface area contributed by atoms with Crippen molar-refractivity contribution in [2.45, 2.75) is 13.0 Å². The van der Waals surface area contributed by atoms with Crippen molar-refractivity contribution >= 4 is 23.4 Å². The van der Waals surface area contributed by atoms with Crippen molar-refractivity contribution in [3.63, 3.8) is 0 Å². The SMILES string of the molecule is CCOc1ccc(Nc2ncccc2C(=O)OCC(=O)NCC2COc3ccccc3O2)cc1. The number of carbonyl (C=O) groups is 2. The van der Waals surface area contributed by atoms with Crippen LogP contribution in [0.3, 0.4) is 0 Å². The second-order valence-electron chi connectivity index (χ2n) is 7.36. The van der Waals surface area contributed by atoms with E-state index in [0.717, 1.165) is 11.4 Å². The van der Waals surface area contributed by atoms with Gasteiger partial charge in [-0.3, -0.25) is 4.79 Å². The Bertz CT molecular complexity index is 1140. The third kappa shape index (κ3) is 5.94. The van der Waals surface area contributed by atoms with E-state index < -0.39 is 18.5 Å². The van der Waals surface area contributed by atoms with Crippen molar-refractivity contribution in [3.8, 4) is 17.2 Å². The highest BCUT2D eigenvalue weighted by Crippen LogP contribution is 2.30. The molecule has 0 spiro atoms. The van der Waals surface area contributed by atoms with Crippen LogP contribution in [-0.4, -0.2) is 49.3 Å². The standard InChI is InChI=1S/C25H25N3O6/c1-2-31-18-11-9-17(10-12-18)28-24-20(6-5-13-26-24)25(30)33-16-23(29)27-14-19-15-32-21-7-3-4-8-22(21)34-19/h3-13,19H,2,14-16H2,1H3,(H,26,28)(H,27,29). The molecule has 1 aromatic heterocycles. The van der Waals surface area contributed by atoms with Gasteiger partial charge < -0.3 is 29.6 Å². The van der Waals surface area contributed by atoms with Gasteiger partial charge in [0.2, 0.25) is 0 Å². The van der Waals surface area contributed by atoms with E-state index in [1.165, 1.54) is 0 Å². The summed E-state index contributed by atoms with van der Waals surface area (Å²) in [5, 5.41) is 5.78. The van der Waals surface area contributed by atoms with Crippen LogP contribution in [0.5, 0.6) is 17.2 Å². The van der Waals surface area contributed by atoms with E-state index in [2.05, 4.69) is 15.6 Å². The van der Waals surface area contributed by atoms with Crippen molar-refractivity contribution in [2.75, 3.05) is 31.7 Å². The summed E-state index contributed by atoms with van der Waals surface area (Å²) in [6.45, 7) is 2.59. The zero-order valence-electron chi connectivity index (χ0n) is 18.7. The largest absolute Gasteiger partial charge is 0.494 e. The van der Waals surface area contributed by atoms with Crippen molar-refractivity contribution in [2.24, 2.45) is 0 Å². The summed E-state index contributed by atoms with van der Waals surface area (Å²) < 4.78 is 22.0. The fourth-order valence-corrected chi connectivity index (χ4v) is 3.26. The Morgan fingerprint density at radius 2 is 1.85 bits per heavy atom. The maximum atomic E-state index is 12.6. The Kier molecular flexibility index (Phi) is 7.44. The second kappa shape index (κ2) is 11.0. The molecule has 34 heavy (non-hydrogen) atoms. The number of nitrogens with one attached hydrogen (secondary N) is 2. The topological polar surface area (TPSA) is 108 Å². The highest BCUT2D eigenvalue weighted by molar-refractivity contribution is 5.96. The lowest BCUT2D eigenvalue weighted by atomic mass is 10.2. The predicted molar refractivity (Wildman–Crippen MR) is 125 cm³/mol. The number of esters is 1. The van der Waals surface area contributed by atoms with Crippen LogP contribution in [0, 0.1) is 0 Å². The molecule has 1 aliphatic heterocycles. The van der Waals surface area contributed by atoms with E-state index in [1.807, 2.05) is 49.4 Å². The van der Waals surface area contributed by atoms with Crippen LogP contribution in [0.15, 0.2) is 66.9 Å². The minimum atomic E-state index is -0.664. The van der Waals surface area contributed by atoms with Gasteiger partial charge >= 0.3 is 5.97 Å². The van der Waals surface area contributed by atoms with Gasteiger partial charge in [-0.2, -0.15) is 0 Å². The van der Waals surface area contributed by atoms with Gasteiger partial charge in [-0.1, -0.05) is 12.1 Å². The van der Waals surface area contributed by atoms with Gasteiger partial charge in [0.15, 0.2) is 18.1 Å². The molecule has 0 saturated carbocycles. The van der Waals surface area contributed by atoms with E-state index in [9.17, 15) is 9.59 Å². The summed E-state index contributed by atoms with van der Waals surface area (Å²) in [5.41, 5.74) is 0.940. The lowest BCUT2D eigenvalue weighted by Gasteiger charge is -2.26. The molecule has 9 heteroatoms. The molecule has 4 rings (SSSR count). The Morgan fingerprint density at radius 1 is 1.06 bits per heavy atom. The van der Waals surface area contributed by atoms with E-state index in [0.29, 0.717) is 30.5 Å². The lowest BCUT2D eigenvalue weighted by molar-refractivity contribution is -0.124. The molecule has 0 bridgehead atoms. The van der Waals surface area contributed by atoms with Crippen LogP contribution in [0.4, 0.5) is 11.5 Å². The van der Waals surface area contributed by atoms with Gasteiger partial charge in [0.25, 0.3) is 5.91 Å². The molecule has 9 nitrogen and oxygen atoms in total. The van der Waals surface area contributed by atoms with Crippen LogP contribution in [-0.2, 0) is 9.53 Å². The van der Waals surface area contributed by atoms with Gasteiger partial charge in [0, 0.05) is 11.9 Å². The van der Waals surface area contributed by atoms with Crippen molar-refractivity contribution in [1.82, 2.24) is 10.3 Å². The number of benzene rings is 2. The first-order chi connectivity index (χ1) is 16.6. The smallest absolute Gasteiger partial charge is 0.342 e. The van der Waals surface area contributed by atoms with Crippen molar-refractivity contribution in [3.05, 3.63) is 72.4 Å². The molecule has 3 aromatic rings. The number of aromatic nitrogens is 1. The number of hydrogen-bond acceptors (Lipinski definition) is 8. The number of carbonyl (C=O) groups excluding carboxylic acids is 2. The van der Waals surface area contributed by atoms with Gasteiger partial charge in [0.1, 0.15) is 29.8 Å². The molecular formula is C25H25N3O6. The van der Waals surface area contributed by atoms with Crippen molar-refractivity contribution in [1.29, 1.82) is 0 Å². The monoisotopic (exact) mass is 463 g/mol. The summed E-state index contributed by atoms with van der Waals surface area (Å²) >= 11 is 0. The highest BCUT2D eigenvalue weighted by atomic mass is 16.6. The maximum absolute atomic E-state index is 12.6. The van der Waals surface area contributed by atoms with E-state index >= 15 is 0 Å². The number of rotatable bonds is 9. The molecule has 176 valence electrons. The summed E-state index contributed by atoms with van der Waals surface area (Å²) in [7, 11) is 0. The lowest BCUT2D eigenvalue weighted by Crippen LogP contribution is -2.42. The minimum Gasteiger partial charge on any atom is -0.494 e. The van der Waals surface area contributed by atoms with Crippen molar-refractivity contribution < 1.29 is 28.5 Å². The Morgan fingerprint density at radius 3 is 2.65 bits per heavy atom. The van der Waals surface area contributed by atoms with Crippen LogP contribution >= 0.6 is 0 Å². The Balaban J connectivity index is 1.27. The first kappa shape index (κ1) is 22.9. The van der Waals surface area contributed by atoms with Gasteiger partial charge in [-0.05, 0) is 55.5 Å². The van der Waals surface area contributed by atoms with Gasteiger partial charge in [-0.15, -0.1) is 0 Å². The number of anilines is 2. The number of pyridine rings is 1. The summed E-state index contributed by atoms with van der Waals surface area (Å²) in [5.74, 6) is 1.26. The van der Waals surface area contributed by atoms with Crippen LogP contribution in [0.2, 0.25) is 0 Å². The highest BCUT2D eigenvalue weighted by Gasteiger charge is 2.21. The average molecular weight is 463 g/mol. The first-order valence-electron chi connectivity index (χ1n) is 10.9. The molecule has 0 saturated heterocycles. The number of ether oxygens (including phenoxy) is 4. The molecule has 0 radical (unpaired) electrons. The van der Waals surface area contributed by atoms with Gasteiger partial charge in [-0.25, -0.2) is 9.78 Å². The normalized spacial score (nSPS) is 14.1. The van der Waals surface area contributed by atoms with Crippen LogP contribution in [0.1, 0.15) is 17.3 Å². The Labute approximate surface area is 197 Å². The molecule has 2 heterocycles. The molecule has 1 atom stereocenters. The molecule has 2 aromatic carbocycles. The molecule has 0 fully saturated rings. The van der Waals surface area contributed by atoms with E-state index in [-0.39, 0.29) is 18.2 Å². The number of fused-ring (bicyclic) bond motifs is 1. The molecular weight excluding hydrogens is 438 g/mol. The number of para-hydroxylation sites is 2. The summed E-state index contributed by atoms with van der Waals surface area (Å²) in [6.07, 6.45) is 1.22. The third-order valence-corrected chi connectivity index (χ3v) is 4.88. The van der Waals surface area contributed by atoms with Gasteiger partial charge in [0.05, 0.1) is 13.2 Å². The molecule has 1 aliphatic rings. The van der Waals surface area contributed by atoms with E-state index in [1.54, 1.807) is 24.4 Å². The maximum Gasteiger partial charge on any atom is 0.342 e.